The Labute approximate surface area is 144 Å². The fourth-order valence-corrected chi connectivity index (χ4v) is 3.36. The summed E-state index contributed by atoms with van der Waals surface area (Å²) in [6, 6.07) is 2.22. The molecule has 0 spiro atoms. The van der Waals surface area contributed by atoms with E-state index in [-0.39, 0.29) is 17.9 Å². The smallest absolute Gasteiger partial charge is 0.355 e. The highest BCUT2D eigenvalue weighted by molar-refractivity contribution is 5.82. The van der Waals surface area contributed by atoms with E-state index in [2.05, 4.69) is 20.8 Å². The highest BCUT2D eigenvalue weighted by atomic mass is 19.4. The Morgan fingerprint density at radius 2 is 2.12 bits per heavy atom. The van der Waals surface area contributed by atoms with Crippen molar-refractivity contribution in [2.45, 2.75) is 37.9 Å². The molecule has 2 N–H and O–H groups in total. The van der Waals surface area contributed by atoms with Gasteiger partial charge in [0.25, 0.3) is 0 Å². The van der Waals surface area contributed by atoms with E-state index in [0.717, 1.165) is 44.8 Å². The van der Waals surface area contributed by atoms with Crippen LogP contribution < -0.4 is 15.5 Å². The summed E-state index contributed by atoms with van der Waals surface area (Å²) in [6.07, 6.45) is -0.714. The zero-order valence-electron chi connectivity index (χ0n) is 13.9. The van der Waals surface area contributed by atoms with E-state index in [4.69, 9.17) is 0 Å². The molecule has 3 heterocycles. The number of hydrogen-bond donors (Lipinski definition) is 2. The van der Waals surface area contributed by atoms with Crippen LogP contribution in [-0.2, 0) is 11.0 Å². The molecule has 0 aromatic carbocycles. The summed E-state index contributed by atoms with van der Waals surface area (Å²) in [5.41, 5.74) is -0.985. The van der Waals surface area contributed by atoms with Gasteiger partial charge in [0.2, 0.25) is 5.91 Å². The minimum atomic E-state index is -4.48. The van der Waals surface area contributed by atoms with E-state index < -0.39 is 11.9 Å². The van der Waals surface area contributed by atoms with E-state index in [9.17, 15) is 18.0 Å². The van der Waals surface area contributed by atoms with Crippen molar-refractivity contribution in [2.24, 2.45) is 5.92 Å². The third kappa shape index (κ3) is 4.59. The number of nitrogens with one attached hydrogen (secondary N) is 2. The molecular formula is C16H22F3N5O. The van der Waals surface area contributed by atoms with Crippen LogP contribution in [0.15, 0.2) is 12.1 Å². The summed E-state index contributed by atoms with van der Waals surface area (Å²) >= 11 is 0. The van der Waals surface area contributed by atoms with Crippen molar-refractivity contribution in [3.05, 3.63) is 17.8 Å². The quantitative estimate of drug-likeness (QED) is 0.856. The van der Waals surface area contributed by atoms with Crippen LogP contribution in [0.5, 0.6) is 0 Å². The molecule has 2 unspecified atom stereocenters. The second-order valence-corrected chi connectivity index (χ2v) is 6.62. The van der Waals surface area contributed by atoms with Gasteiger partial charge in [-0.2, -0.15) is 13.2 Å². The molecule has 25 heavy (non-hydrogen) atoms. The van der Waals surface area contributed by atoms with Gasteiger partial charge in [-0.05, 0) is 50.3 Å². The van der Waals surface area contributed by atoms with Crippen LogP contribution in [-0.4, -0.2) is 48.3 Å². The number of aromatic nitrogens is 2. The molecule has 1 aromatic heterocycles. The Bertz CT molecular complexity index is 586. The minimum absolute atomic E-state index is 0.0314. The molecule has 2 saturated heterocycles. The number of nitrogens with zero attached hydrogens (tertiary/aromatic N) is 3. The highest BCUT2D eigenvalue weighted by Crippen LogP contribution is 2.28. The van der Waals surface area contributed by atoms with E-state index in [1.54, 1.807) is 0 Å². The van der Waals surface area contributed by atoms with Gasteiger partial charge in [-0.3, -0.25) is 4.79 Å². The molecule has 138 valence electrons. The van der Waals surface area contributed by atoms with Gasteiger partial charge in [0, 0.05) is 19.6 Å². The van der Waals surface area contributed by atoms with Crippen LogP contribution in [0.1, 0.15) is 31.4 Å². The third-order valence-corrected chi connectivity index (χ3v) is 4.73. The number of amides is 1. The SMILES string of the molecule is O=C(NCC1CCCN(c2ccc(C(F)(F)F)nn2)C1)C1CCCN1. The number of carbonyl (C=O) groups is 1. The van der Waals surface area contributed by atoms with Gasteiger partial charge in [-0.15, -0.1) is 10.2 Å². The molecule has 6 nitrogen and oxygen atoms in total. The first kappa shape index (κ1) is 17.9. The zero-order valence-corrected chi connectivity index (χ0v) is 13.9. The second kappa shape index (κ2) is 7.55. The number of rotatable bonds is 4. The van der Waals surface area contributed by atoms with Crippen LogP contribution in [0.4, 0.5) is 19.0 Å². The maximum Gasteiger partial charge on any atom is 0.435 e. The lowest BCUT2D eigenvalue weighted by Crippen LogP contribution is -2.45. The standard InChI is InChI=1S/C16H22F3N5O/c17-16(18,19)13-5-6-14(23-22-13)24-8-2-3-11(10-24)9-21-15(25)12-4-1-7-20-12/h5-6,11-12,20H,1-4,7-10H2,(H,21,25). The molecule has 1 amide bonds. The first-order valence-electron chi connectivity index (χ1n) is 8.60. The Balaban J connectivity index is 1.53. The molecule has 1 aromatic rings. The topological polar surface area (TPSA) is 70.2 Å². The third-order valence-electron chi connectivity index (χ3n) is 4.73. The Kier molecular flexibility index (Phi) is 5.41. The molecule has 2 atom stereocenters. The maximum absolute atomic E-state index is 12.6. The molecule has 0 radical (unpaired) electrons. The van der Waals surface area contributed by atoms with E-state index in [1.807, 2.05) is 4.90 Å². The second-order valence-electron chi connectivity index (χ2n) is 6.62. The number of anilines is 1. The molecule has 2 aliphatic heterocycles. The molecule has 3 rings (SSSR count). The van der Waals surface area contributed by atoms with Crippen molar-refractivity contribution in [1.82, 2.24) is 20.8 Å². The van der Waals surface area contributed by atoms with Crippen molar-refractivity contribution in [3.8, 4) is 0 Å². The molecular weight excluding hydrogens is 335 g/mol. The summed E-state index contributed by atoms with van der Waals surface area (Å²) in [4.78, 5) is 14.0. The lowest BCUT2D eigenvalue weighted by atomic mass is 9.98. The fraction of sp³-hybridized carbons (Fsp3) is 0.688. The largest absolute Gasteiger partial charge is 0.435 e. The van der Waals surface area contributed by atoms with Crippen molar-refractivity contribution in [3.63, 3.8) is 0 Å². The lowest BCUT2D eigenvalue weighted by molar-refractivity contribution is -0.141. The molecule has 9 heteroatoms. The monoisotopic (exact) mass is 357 g/mol. The first-order valence-corrected chi connectivity index (χ1v) is 8.60. The summed E-state index contributed by atoms with van der Waals surface area (Å²) in [5.74, 6) is 0.730. The van der Waals surface area contributed by atoms with Crippen molar-refractivity contribution >= 4 is 11.7 Å². The van der Waals surface area contributed by atoms with E-state index >= 15 is 0 Å². The van der Waals surface area contributed by atoms with Crippen LogP contribution in [0.3, 0.4) is 0 Å². The zero-order chi connectivity index (χ0) is 17.9. The number of hydrogen-bond acceptors (Lipinski definition) is 5. The summed E-state index contributed by atoms with van der Waals surface area (Å²) < 4.78 is 37.7. The van der Waals surface area contributed by atoms with Crippen molar-refractivity contribution in [1.29, 1.82) is 0 Å². The number of carbonyl (C=O) groups excluding carboxylic acids is 1. The van der Waals surface area contributed by atoms with Gasteiger partial charge in [0.15, 0.2) is 11.5 Å². The van der Waals surface area contributed by atoms with Crippen molar-refractivity contribution in [2.75, 3.05) is 31.1 Å². The highest BCUT2D eigenvalue weighted by Gasteiger charge is 2.33. The lowest BCUT2D eigenvalue weighted by Gasteiger charge is -2.33. The van der Waals surface area contributed by atoms with Gasteiger partial charge in [-0.1, -0.05) is 0 Å². The predicted molar refractivity (Wildman–Crippen MR) is 86.0 cm³/mol. The van der Waals surface area contributed by atoms with Gasteiger partial charge in [0.05, 0.1) is 6.04 Å². The molecule has 2 aliphatic rings. The predicted octanol–water partition coefficient (Wildman–Crippen LogP) is 1.58. The van der Waals surface area contributed by atoms with Crippen LogP contribution in [0, 0.1) is 5.92 Å². The van der Waals surface area contributed by atoms with Crippen LogP contribution >= 0.6 is 0 Å². The van der Waals surface area contributed by atoms with Gasteiger partial charge in [-0.25, -0.2) is 0 Å². The Morgan fingerprint density at radius 3 is 2.76 bits per heavy atom. The average molecular weight is 357 g/mol. The normalized spacial score (nSPS) is 24.4. The van der Waals surface area contributed by atoms with E-state index in [0.29, 0.717) is 18.9 Å². The van der Waals surface area contributed by atoms with E-state index in [1.165, 1.54) is 6.07 Å². The van der Waals surface area contributed by atoms with Crippen molar-refractivity contribution < 1.29 is 18.0 Å². The van der Waals surface area contributed by atoms with Gasteiger partial charge >= 0.3 is 6.18 Å². The summed E-state index contributed by atoms with van der Waals surface area (Å²) in [5, 5.41) is 13.1. The Hall–Kier alpha value is -1.90. The molecule has 2 fully saturated rings. The average Bonchev–Trinajstić information content (AvgIpc) is 3.14. The maximum atomic E-state index is 12.6. The Morgan fingerprint density at radius 1 is 1.28 bits per heavy atom. The van der Waals surface area contributed by atoms with Crippen LogP contribution in [0.2, 0.25) is 0 Å². The number of halogens is 3. The molecule has 0 bridgehead atoms. The summed E-state index contributed by atoms with van der Waals surface area (Å²) in [7, 11) is 0. The first-order chi connectivity index (χ1) is 11.9. The minimum Gasteiger partial charge on any atom is -0.355 e. The van der Waals surface area contributed by atoms with Gasteiger partial charge in [0.1, 0.15) is 0 Å². The van der Waals surface area contributed by atoms with Gasteiger partial charge < -0.3 is 15.5 Å². The fourth-order valence-electron chi connectivity index (χ4n) is 3.36. The molecule has 0 saturated carbocycles. The number of piperidine rings is 1. The van der Waals surface area contributed by atoms with Crippen LogP contribution in [0.25, 0.3) is 0 Å². The summed E-state index contributed by atoms with van der Waals surface area (Å²) in [6.45, 7) is 2.83. The number of alkyl halides is 3. The molecule has 0 aliphatic carbocycles.